The summed E-state index contributed by atoms with van der Waals surface area (Å²) in [6.45, 7) is 8.12. The van der Waals surface area contributed by atoms with Crippen molar-refractivity contribution < 1.29 is 0 Å². The van der Waals surface area contributed by atoms with Gasteiger partial charge in [-0.1, -0.05) is 0 Å². The van der Waals surface area contributed by atoms with Gasteiger partial charge in [-0.15, -0.1) is 11.3 Å². The lowest BCUT2D eigenvalue weighted by molar-refractivity contribution is 0.873. The Hall–Kier alpha value is -1.49. The number of hydrogen-bond acceptors (Lipinski definition) is 5. The number of rotatable bonds is 3. The lowest BCUT2D eigenvalue weighted by atomic mass is 10.2. The Labute approximate surface area is 105 Å². The van der Waals surface area contributed by atoms with Gasteiger partial charge in [0.2, 0.25) is 0 Å². The maximum atomic E-state index is 4.43. The maximum absolute atomic E-state index is 4.43. The highest BCUT2D eigenvalue weighted by Gasteiger charge is 2.13. The van der Waals surface area contributed by atoms with E-state index in [1.165, 1.54) is 4.88 Å². The van der Waals surface area contributed by atoms with E-state index in [-0.39, 0.29) is 6.04 Å². The Bertz CT molecular complexity index is 521. The van der Waals surface area contributed by atoms with Gasteiger partial charge in [-0.2, -0.15) is 0 Å². The number of aromatic nitrogens is 3. The average molecular weight is 248 g/mol. The molecule has 2 aromatic heterocycles. The van der Waals surface area contributed by atoms with E-state index in [0.717, 1.165) is 22.2 Å². The molecule has 0 aromatic carbocycles. The fourth-order valence-electron chi connectivity index (χ4n) is 1.77. The van der Waals surface area contributed by atoms with E-state index < -0.39 is 0 Å². The summed E-state index contributed by atoms with van der Waals surface area (Å²) in [5.41, 5.74) is 2.01. The first kappa shape index (κ1) is 12.0. The molecule has 0 aliphatic heterocycles. The fraction of sp³-hybridized carbons (Fsp3) is 0.417. The summed E-state index contributed by atoms with van der Waals surface area (Å²) in [5.74, 6) is 0.808. The minimum absolute atomic E-state index is 0.206. The van der Waals surface area contributed by atoms with Crippen LogP contribution in [0.2, 0.25) is 0 Å². The van der Waals surface area contributed by atoms with Crippen molar-refractivity contribution >= 4 is 17.2 Å². The molecule has 0 radical (unpaired) electrons. The Balaban J connectivity index is 2.16. The first-order chi connectivity index (χ1) is 8.06. The summed E-state index contributed by atoms with van der Waals surface area (Å²) >= 11 is 1.72. The van der Waals surface area contributed by atoms with Crippen molar-refractivity contribution in [3.05, 3.63) is 33.7 Å². The second kappa shape index (κ2) is 4.79. The van der Waals surface area contributed by atoms with Crippen LogP contribution < -0.4 is 5.32 Å². The fourth-order valence-corrected chi connectivity index (χ4v) is 2.70. The predicted molar refractivity (Wildman–Crippen MR) is 70.4 cm³/mol. The summed E-state index contributed by atoms with van der Waals surface area (Å²) in [7, 11) is 0. The minimum atomic E-state index is 0.206. The van der Waals surface area contributed by atoms with E-state index in [1.807, 2.05) is 20.8 Å². The van der Waals surface area contributed by atoms with Gasteiger partial charge in [-0.25, -0.2) is 9.97 Å². The molecule has 0 aliphatic rings. The first-order valence-corrected chi connectivity index (χ1v) is 6.37. The van der Waals surface area contributed by atoms with E-state index in [2.05, 4.69) is 27.2 Å². The van der Waals surface area contributed by atoms with Crippen LogP contribution in [0.25, 0.3) is 0 Å². The van der Waals surface area contributed by atoms with E-state index in [9.17, 15) is 0 Å². The molecule has 0 bridgehead atoms. The summed E-state index contributed by atoms with van der Waals surface area (Å²) in [6.07, 6.45) is 3.49. The Morgan fingerprint density at radius 3 is 2.53 bits per heavy atom. The molecule has 1 unspecified atom stereocenters. The number of hydrogen-bond donors (Lipinski definition) is 1. The maximum Gasteiger partial charge on any atom is 0.145 e. The van der Waals surface area contributed by atoms with Crippen LogP contribution in [0.4, 0.5) is 5.82 Å². The summed E-state index contributed by atoms with van der Waals surface area (Å²) in [6, 6.07) is 0.206. The van der Waals surface area contributed by atoms with Crippen molar-refractivity contribution in [1.29, 1.82) is 0 Å². The minimum Gasteiger partial charge on any atom is -0.361 e. The summed E-state index contributed by atoms with van der Waals surface area (Å²) in [4.78, 5) is 14.2. The van der Waals surface area contributed by atoms with E-state index in [4.69, 9.17) is 0 Å². The van der Waals surface area contributed by atoms with Crippen LogP contribution in [0.3, 0.4) is 0 Å². The van der Waals surface area contributed by atoms with Crippen LogP contribution >= 0.6 is 11.3 Å². The van der Waals surface area contributed by atoms with Gasteiger partial charge in [0.1, 0.15) is 5.82 Å². The molecular formula is C12H16N4S. The van der Waals surface area contributed by atoms with Gasteiger partial charge >= 0.3 is 0 Å². The Morgan fingerprint density at radius 2 is 1.94 bits per heavy atom. The van der Waals surface area contributed by atoms with Crippen LogP contribution in [-0.2, 0) is 0 Å². The van der Waals surface area contributed by atoms with Gasteiger partial charge in [0, 0.05) is 11.1 Å². The van der Waals surface area contributed by atoms with E-state index >= 15 is 0 Å². The molecule has 0 saturated carbocycles. The number of aryl methyl sites for hydroxylation is 3. The Morgan fingerprint density at radius 1 is 1.18 bits per heavy atom. The third kappa shape index (κ3) is 2.79. The van der Waals surface area contributed by atoms with Crippen LogP contribution in [0, 0.1) is 20.8 Å². The van der Waals surface area contributed by atoms with Crippen LogP contribution in [0.5, 0.6) is 0 Å². The molecule has 0 saturated heterocycles. The lowest BCUT2D eigenvalue weighted by Gasteiger charge is -2.13. The van der Waals surface area contributed by atoms with Crippen molar-refractivity contribution in [1.82, 2.24) is 15.0 Å². The highest BCUT2D eigenvalue weighted by atomic mass is 32.1. The first-order valence-electron chi connectivity index (χ1n) is 5.55. The molecule has 1 atom stereocenters. The van der Waals surface area contributed by atoms with Gasteiger partial charge < -0.3 is 5.32 Å². The van der Waals surface area contributed by atoms with Crippen molar-refractivity contribution in [3.8, 4) is 0 Å². The number of nitrogens with one attached hydrogen (secondary N) is 1. The molecular weight excluding hydrogens is 232 g/mol. The third-order valence-corrected chi connectivity index (χ3v) is 3.71. The number of nitrogens with zero attached hydrogens (tertiary/aromatic N) is 3. The third-order valence-electron chi connectivity index (χ3n) is 2.45. The zero-order valence-corrected chi connectivity index (χ0v) is 11.3. The molecule has 0 aliphatic carbocycles. The lowest BCUT2D eigenvalue weighted by Crippen LogP contribution is -2.08. The molecule has 17 heavy (non-hydrogen) atoms. The number of thiazole rings is 1. The second-order valence-electron chi connectivity index (χ2n) is 4.09. The highest BCUT2D eigenvalue weighted by molar-refractivity contribution is 7.11. The molecule has 4 nitrogen and oxygen atoms in total. The average Bonchev–Trinajstić information content (AvgIpc) is 2.58. The van der Waals surface area contributed by atoms with Crippen molar-refractivity contribution in [2.75, 3.05) is 5.32 Å². The smallest absolute Gasteiger partial charge is 0.145 e. The predicted octanol–water partition coefficient (Wildman–Crippen LogP) is 3.03. The molecule has 90 valence electrons. The molecule has 2 heterocycles. The molecule has 5 heteroatoms. The topological polar surface area (TPSA) is 50.7 Å². The van der Waals surface area contributed by atoms with Crippen LogP contribution in [0.15, 0.2) is 12.4 Å². The monoisotopic (exact) mass is 248 g/mol. The molecule has 2 rings (SSSR count). The largest absolute Gasteiger partial charge is 0.361 e. The second-order valence-corrected chi connectivity index (χ2v) is 5.33. The SMILES string of the molecule is Cc1cncc(NC(C)c2sc(C)nc2C)n1. The number of anilines is 1. The van der Waals surface area contributed by atoms with Gasteiger partial charge in [0.15, 0.2) is 0 Å². The molecule has 2 aromatic rings. The normalized spacial score (nSPS) is 12.5. The molecule has 0 fully saturated rings. The summed E-state index contributed by atoms with van der Waals surface area (Å²) < 4.78 is 0. The van der Waals surface area contributed by atoms with Crippen molar-refractivity contribution in [2.45, 2.75) is 33.7 Å². The van der Waals surface area contributed by atoms with Crippen molar-refractivity contribution in [3.63, 3.8) is 0 Å². The Kier molecular flexibility index (Phi) is 3.38. The van der Waals surface area contributed by atoms with E-state index in [0.29, 0.717) is 0 Å². The van der Waals surface area contributed by atoms with Crippen molar-refractivity contribution in [2.24, 2.45) is 0 Å². The van der Waals surface area contributed by atoms with Crippen LogP contribution in [-0.4, -0.2) is 15.0 Å². The van der Waals surface area contributed by atoms with Crippen LogP contribution in [0.1, 0.15) is 34.2 Å². The zero-order chi connectivity index (χ0) is 12.4. The molecule has 0 spiro atoms. The zero-order valence-electron chi connectivity index (χ0n) is 10.5. The van der Waals surface area contributed by atoms with Gasteiger partial charge in [-0.05, 0) is 27.7 Å². The van der Waals surface area contributed by atoms with Gasteiger partial charge in [0.25, 0.3) is 0 Å². The highest BCUT2D eigenvalue weighted by Crippen LogP contribution is 2.26. The molecule has 0 amide bonds. The van der Waals surface area contributed by atoms with Gasteiger partial charge in [0.05, 0.1) is 28.6 Å². The van der Waals surface area contributed by atoms with Gasteiger partial charge in [-0.3, -0.25) is 4.98 Å². The summed E-state index contributed by atoms with van der Waals surface area (Å²) in [5, 5.41) is 4.45. The standard InChI is InChI=1S/C12H16N4S/c1-7-5-13-6-11(14-7)16-9(3)12-8(2)15-10(4)17-12/h5-6,9H,1-4H3,(H,14,16). The molecule has 1 N–H and O–H groups in total. The quantitative estimate of drug-likeness (QED) is 0.907. The van der Waals surface area contributed by atoms with E-state index in [1.54, 1.807) is 23.7 Å².